The van der Waals surface area contributed by atoms with Crippen LogP contribution in [-0.2, 0) is 6.54 Å². The van der Waals surface area contributed by atoms with E-state index in [-0.39, 0.29) is 5.95 Å². The van der Waals surface area contributed by atoms with Crippen LogP contribution in [0.25, 0.3) is 11.4 Å². The second-order valence-electron chi connectivity index (χ2n) is 4.98. The molecule has 9 heteroatoms. The van der Waals surface area contributed by atoms with E-state index in [0.717, 1.165) is 5.69 Å². The summed E-state index contributed by atoms with van der Waals surface area (Å²) in [5, 5.41) is 0.807. The lowest BCUT2D eigenvalue weighted by Crippen LogP contribution is -2.28. The van der Waals surface area contributed by atoms with Crippen molar-refractivity contribution < 1.29 is 0 Å². The van der Waals surface area contributed by atoms with Crippen molar-refractivity contribution in [3.8, 4) is 11.4 Å². The first-order chi connectivity index (χ1) is 12.1. The highest BCUT2D eigenvalue weighted by molar-refractivity contribution is 6.39. The number of benzene rings is 1. The van der Waals surface area contributed by atoms with Crippen LogP contribution in [0.5, 0.6) is 0 Å². The van der Waals surface area contributed by atoms with E-state index in [4.69, 9.17) is 23.2 Å². The molecule has 0 fully saturated rings. The van der Waals surface area contributed by atoms with Gasteiger partial charge in [0.05, 0.1) is 21.3 Å². The number of hydrogen-bond donors (Lipinski definition) is 2. The van der Waals surface area contributed by atoms with E-state index in [9.17, 15) is 4.79 Å². The van der Waals surface area contributed by atoms with Crippen LogP contribution >= 0.6 is 23.2 Å². The fourth-order valence-electron chi connectivity index (χ4n) is 2.23. The fourth-order valence-corrected chi connectivity index (χ4v) is 2.80. The van der Waals surface area contributed by atoms with Gasteiger partial charge in [-0.3, -0.25) is 20.4 Å². The molecule has 1 aromatic carbocycles. The third-order valence-corrected chi connectivity index (χ3v) is 4.03. The topological polar surface area (TPSA) is 84.7 Å². The number of hydrogen-bond acceptors (Lipinski definition) is 6. The minimum Gasteiger partial charge on any atom is -0.298 e. The van der Waals surface area contributed by atoms with E-state index < -0.39 is 5.69 Å². The summed E-state index contributed by atoms with van der Waals surface area (Å²) in [6, 6.07) is 8.63. The molecule has 0 spiro atoms. The van der Waals surface area contributed by atoms with Crippen molar-refractivity contribution in [1.82, 2.24) is 19.5 Å². The number of rotatable bonds is 5. The Bertz CT molecular complexity index is 925. The second kappa shape index (κ2) is 7.50. The van der Waals surface area contributed by atoms with Crippen molar-refractivity contribution in [3.63, 3.8) is 0 Å². The van der Waals surface area contributed by atoms with E-state index in [1.54, 1.807) is 42.7 Å². The Balaban J connectivity index is 2.03. The predicted octanol–water partition coefficient (Wildman–Crippen LogP) is 3.47. The van der Waals surface area contributed by atoms with Gasteiger partial charge < -0.3 is 0 Å². The van der Waals surface area contributed by atoms with Gasteiger partial charge in [0.25, 0.3) is 0 Å². The minimum atomic E-state index is -0.456. The number of nitrogens with zero attached hydrogens (tertiary/aromatic N) is 4. The van der Waals surface area contributed by atoms with E-state index in [1.165, 1.54) is 4.57 Å². The molecule has 3 rings (SSSR count). The van der Waals surface area contributed by atoms with Crippen LogP contribution in [0.2, 0.25) is 10.0 Å². The number of anilines is 2. The number of hydrazine groups is 1. The molecular weight excluding hydrogens is 363 g/mol. The molecular formula is C16H14Cl2N6O. The van der Waals surface area contributed by atoms with Crippen LogP contribution in [0, 0.1) is 0 Å². The number of aromatic nitrogens is 4. The van der Waals surface area contributed by atoms with Gasteiger partial charge in [-0.15, -0.1) is 0 Å². The lowest BCUT2D eigenvalue weighted by atomic mass is 10.2. The highest BCUT2D eigenvalue weighted by Gasteiger charge is 2.16. The van der Waals surface area contributed by atoms with Crippen LogP contribution < -0.4 is 16.5 Å². The van der Waals surface area contributed by atoms with Crippen LogP contribution in [0.15, 0.2) is 47.5 Å². The van der Waals surface area contributed by atoms with Gasteiger partial charge in [-0.05, 0) is 31.2 Å². The molecule has 0 saturated heterocycles. The average molecular weight is 377 g/mol. The van der Waals surface area contributed by atoms with Crippen molar-refractivity contribution >= 4 is 34.8 Å². The van der Waals surface area contributed by atoms with Crippen LogP contribution in [0.1, 0.15) is 6.92 Å². The van der Waals surface area contributed by atoms with Crippen molar-refractivity contribution in [2.45, 2.75) is 13.5 Å². The summed E-state index contributed by atoms with van der Waals surface area (Å²) in [4.78, 5) is 24.6. The molecule has 2 N–H and O–H groups in total. The van der Waals surface area contributed by atoms with Crippen LogP contribution in [0.4, 0.5) is 11.6 Å². The first-order valence-electron chi connectivity index (χ1n) is 7.45. The molecule has 2 aromatic heterocycles. The fraction of sp³-hybridized carbons (Fsp3) is 0.125. The minimum absolute atomic E-state index is 0.109. The lowest BCUT2D eigenvalue weighted by molar-refractivity contribution is 0.688. The van der Waals surface area contributed by atoms with Gasteiger partial charge >= 0.3 is 5.69 Å². The third kappa shape index (κ3) is 3.72. The summed E-state index contributed by atoms with van der Waals surface area (Å²) in [7, 11) is 0. The Morgan fingerprint density at radius 3 is 2.36 bits per heavy atom. The number of nitrogens with one attached hydrogen (secondary N) is 2. The Labute approximate surface area is 153 Å². The smallest absolute Gasteiger partial charge is 0.298 e. The molecule has 7 nitrogen and oxygen atoms in total. The van der Waals surface area contributed by atoms with E-state index >= 15 is 0 Å². The largest absolute Gasteiger partial charge is 0.352 e. The molecule has 2 heterocycles. The first-order valence-corrected chi connectivity index (χ1v) is 8.21. The van der Waals surface area contributed by atoms with E-state index in [1.807, 2.05) is 6.92 Å². The summed E-state index contributed by atoms with van der Waals surface area (Å²) in [5.74, 6) is 0.453. The molecule has 0 aliphatic carbocycles. The standard InChI is InChI=1S/C16H14Cl2N6O/c1-2-24-14(13-11(17)4-3-5-12(13)18)20-15(21-16(24)25)23-22-10-6-8-19-9-7-10/h3-9H,2H2,1H3,(H,19,22)(H,21,23,25). The third-order valence-electron chi connectivity index (χ3n) is 3.40. The summed E-state index contributed by atoms with van der Waals surface area (Å²) in [6.45, 7) is 2.20. The normalized spacial score (nSPS) is 10.5. The molecule has 0 unspecified atom stereocenters. The number of halogens is 2. The molecule has 128 valence electrons. The summed E-state index contributed by atoms with van der Waals surface area (Å²) in [5.41, 5.74) is 6.48. The monoisotopic (exact) mass is 376 g/mol. The maximum Gasteiger partial charge on any atom is 0.352 e. The molecule has 0 amide bonds. The van der Waals surface area contributed by atoms with Gasteiger partial charge in [-0.25, -0.2) is 4.79 Å². The molecule has 0 atom stereocenters. The maximum atomic E-state index is 12.3. The molecule has 0 aliphatic heterocycles. The van der Waals surface area contributed by atoms with Gasteiger partial charge in [0.15, 0.2) is 5.82 Å². The molecule has 0 aliphatic rings. The van der Waals surface area contributed by atoms with Gasteiger partial charge in [-0.2, -0.15) is 9.97 Å². The van der Waals surface area contributed by atoms with Gasteiger partial charge in [0, 0.05) is 18.9 Å². The molecule has 25 heavy (non-hydrogen) atoms. The molecule has 0 saturated carbocycles. The SMILES string of the molecule is CCn1c(-c2c(Cl)cccc2Cl)nc(NNc2ccncc2)nc1=O. The van der Waals surface area contributed by atoms with Gasteiger partial charge in [0.1, 0.15) is 0 Å². The predicted molar refractivity (Wildman–Crippen MR) is 98.9 cm³/mol. The summed E-state index contributed by atoms with van der Waals surface area (Å²) < 4.78 is 1.41. The van der Waals surface area contributed by atoms with E-state index in [0.29, 0.717) is 28.0 Å². The molecule has 0 bridgehead atoms. The zero-order chi connectivity index (χ0) is 17.8. The zero-order valence-corrected chi connectivity index (χ0v) is 14.7. The molecule has 3 aromatic rings. The van der Waals surface area contributed by atoms with E-state index in [2.05, 4.69) is 25.8 Å². The van der Waals surface area contributed by atoms with Crippen molar-refractivity contribution in [2.24, 2.45) is 0 Å². The van der Waals surface area contributed by atoms with Crippen LogP contribution in [0.3, 0.4) is 0 Å². The average Bonchev–Trinajstić information content (AvgIpc) is 2.60. The summed E-state index contributed by atoms with van der Waals surface area (Å²) in [6.07, 6.45) is 3.27. The second-order valence-corrected chi connectivity index (χ2v) is 5.79. The Kier molecular flexibility index (Phi) is 5.16. The Morgan fingerprint density at radius 2 is 1.72 bits per heavy atom. The quantitative estimate of drug-likeness (QED) is 0.663. The Morgan fingerprint density at radius 1 is 1.04 bits per heavy atom. The highest BCUT2D eigenvalue weighted by Crippen LogP contribution is 2.33. The molecule has 0 radical (unpaired) electrons. The van der Waals surface area contributed by atoms with Gasteiger partial charge in [0.2, 0.25) is 5.95 Å². The summed E-state index contributed by atoms with van der Waals surface area (Å²) >= 11 is 12.5. The highest BCUT2D eigenvalue weighted by atomic mass is 35.5. The Hall–Kier alpha value is -2.64. The maximum absolute atomic E-state index is 12.3. The zero-order valence-electron chi connectivity index (χ0n) is 13.2. The van der Waals surface area contributed by atoms with Crippen molar-refractivity contribution in [1.29, 1.82) is 0 Å². The first kappa shape index (κ1) is 17.2. The van der Waals surface area contributed by atoms with Crippen molar-refractivity contribution in [3.05, 3.63) is 63.3 Å². The van der Waals surface area contributed by atoms with Crippen molar-refractivity contribution in [2.75, 3.05) is 10.9 Å². The van der Waals surface area contributed by atoms with Crippen LogP contribution in [-0.4, -0.2) is 19.5 Å². The van der Waals surface area contributed by atoms with Gasteiger partial charge in [-0.1, -0.05) is 29.3 Å². The lowest BCUT2D eigenvalue weighted by Gasteiger charge is -2.14. The number of pyridine rings is 1.